The van der Waals surface area contributed by atoms with E-state index in [-0.39, 0.29) is 53.6 Å². The van der Waals surface area contributed by atoms with Gasteiger partial charge in [0.15, 0.2) is 0 Å². The second-order valence-corrected chi connectivity index (χ2v) is 18.7. The fourth-order valence-electron chi connectivity index (χ4n) is 12.1. The summed E-state index contributed by atoms with van der Waals surface area (Å²) in [6.45, 7) is 15.9. The van der Waals surface area contributed by atoms with E-state index in [9.17, 15) is 25.9 Å². The van der Waals surface area contributed by atoms with Gasteiger partial charge in [0.05, 0.1) is 12.2 Å². The molecular weight excluding hydrogens is 636 g/mol. The van der Waals surface area contributed by atoms with Crippen molar-refractivity contribution >= 4 is 20.8 Å². The average molecular weight is 693 g/mol. The molecule has 11 nitrogen and oxygen atoms in total. The van der Waals surface area contributed by atoms with E-state index in [1.165, 1.54) is 0 Å². The minimum absolute atomic E-state index is 0.0169. The van der Waals surface area contributed by atoms with Crippen molar-refractivity contribution in [2.24, 2.45) is 52.3 Å². The Balaban J connectivity index is 1.30. The van der Waals surface area contributed by atoms with Crippen molar-refractivity contribution in [3.8, 4) is 0 Å². The molecule has 6 fully saturated rings. The maximum Gasteiger partial charge on any atom is 0.397 e. The van der Waals surface area contributed by atoms with Gasteiger partial charge in [0.2, 0.25) is 0 Å². The summed E-state index contributed by atoms with van der Waals surface area (Å²) >= 11 is 0. The molecule has 0 amide bonds. The molecule has 0 spiro atoms. The predicted molar refractivity (Wildman–Crippen MR) is 169 cm³/mol. The lowest BCUT2D eigenvalue weighted by Crippen LogP contribution is -2.61. The van der Waals surface area contributed by atoms with E-state index in [0.717, 1.165) is 51.4 Å². The van der Waals surface area contributed by atoms with Gasteiger partial charge in [0.1, 0.15) is 17.8 Å². The Morgan fingerprint density at radius 2 is 1.54 bits per heavy atom. The minimum Gasteiger partial charge on any atom is -0.324 e. The van der Waals surface area contributed by atoms with Crippen LogP contribution in [0.4, 0.5) is 0 Å². The SMILES string of the molecule is CCC[C@@]12O[C@H]3C[C@H]4[C@@H]5CC[C@H]6C[C@H](OS(=O)(=O)O)[C@@H](OS(=O)(=O)O)C[C@]6(C)[C@H]5CC[C@]4(C)[C@H]3[C@@](C)(O1)[C@H](C[C@@H](CC)C(C)C)O2. The normalized spacial score (nSPS) is 49.2. The molecule has 14 atom stereocenters. The van der Waals surface area contributed by atoms with Crippen molar-refractivity contribution in [2.45, 2.75) is 155 Å². The van der Waals surface area contributed by atoms with Crippen molar-refractivity contribution in [3.63, 3.8) is 0 Å². The maximum atomic E-state index is 11.8. The lowest BCUT2D eigenvalue weighted by molar-refractivity contribution is -0.403. The van der Waals surface area contributed by atoms with E-state index < -0.39 is 44.6 Å². The minimum atomic E-state index is -4.89. The summed E-state index contributed by atoms with van der Waals surface area (Å²) in [7, 11) is -9.74. The maximum absolute atomic E-state index is 11.8. The topological polar surface area (TPSA) is 155 Å². The van der Waals surface area contributed by atoms with Crippen LogP contribution in [0.2, 0.25) is 0 Å². The molecule has 266 valence electrons. The van der Waals surface area contributed by atoms with Gasteiger partial charge in [-0.25, -0.2) is 8.37 Å². The zero-order chi connectivity index (χ0) is 33.7. The van der Waals surface area contributed by atoms with Crippen LogP contribution in [0.15, 0.2) is 0 Å². The fourth-order valence-corrected chi connectivity index (χ4v) is 13.1. The Morgan fingerprint density at radius 3 is 2.15 bits per heavy atom. The lowest BCUT2D eigenvalue weighted by Gasteiger charge is -2.62. The van der Waals surface area contributed by atoms with Crippen LogP contribution in [0, 0.1) is 52.3 Å². The van der Waals surface area contributed by atoms with Gasteiger partial charge in [0, 0.05) is 12.3 Å². The molecule has 4 aliphatic carbocycles. The molecular formula is C33H56O11S2. The van der Waals surface area contributed by atoms with Crippen LogP contribution in [0.25, 0.3) is 0 Å². The summed E-state index contributed by atoms with van der Waals surface area (Å²) in [4.78, 5) is 0. The number of hydrogen-bond donors (Lipinski definition) is 2. The third-order valence-corrected chi connectivity index (χ3v) is 14.9. The first-order chi connectivity index (χ1) is 21.3. The number of rotatable bonds is 10. The van der Waals surface area contributed by atoms with Gasteiger partial charge >= 0.3 is 20.8 Å². The Kier molecular flexibility index (Phi) is 9.14. The lowest BCUT2D eigenvalue weighted by atomic mass is 9.44. The summed E-state index contributed by atoms with van der Waals surface area (Å²) in [5.41, 5.74) is -0.881. The van der Waals surface area contributed by atoms with E-state index in [4.69, 9.17) is 22.6 Å². The third-order valence-electron chi connectivity index (χ3n) is 14.0. The van der Waals surface area contributed by atoms with Crippen LogP contribution in [0.3, 0.4) is 0 Å². The molecule has 2 heterocycles. The number of hydrogen-bond acceptors (Lipinski definition) is 9. The van der Waals surface area contributed by atoms with Crippen LogP contribution in [-0.4, -0.2) is 61.9 Å². The van der Waals surface area contributed by atoms with Gasteiger partial charge in [-0.3, -0.25) is 9.11 Å². The van der Waals surface area contributed by atoms with Crippen molar-refractivity contribution in [3.05, 3.63) is 0 Å². The summed E-state index contributed by atoms with van der Waals surface area (Å²) in [6.07, 6.45) is 6.17. The van der Waals surface area contributed by atoms with Gasteiger partial charge in [-0.05, 0) is 111 Å². The molecule has 0 aromatic heterocycles. The summed E-state index contributed by atoms with van der Waals surface area (Å²) in [6, 6.07) is 0. The van der Waals surface area contributed by atoms with E-state index in [2.05, 4.69) is 48.5 Å². The van der Waals surface area contributed by atoms with Gasteiger partial charge in [-0.15, -0.1) is 0 Å². The standard InChI is InChI=1S/C33H56O11S2/c1-8-13-33-40-26-17-24-22-11-10-21-16-25(42-45(34,35)36)27(43-46(37,38)39)18-31(21,6)23(22)12-14-30(24,5)29(26)32(7,44-33)28(41-33)15-20(9-2)19(3)4/h19-29H,8-18H2,1-7H3,(H,34,35,36)(H,37,38,39)/t20-,21+,22-,23+,24+,25+,26+,27+,28+,29+,30+,31+,32+,33+/m1/s1. The largest absolute Gasteiger partial charge is 0.397 e. The number of fused-ring (bicyclic) bond motifs is 10. The molecule has 13 heteroatoms. The van der Waals surface area contributed by atoms with Gasteiger partial charge in [-0.1, -0.05) is 48.0 Å². The van der Waals surface area contributed by atoms with Crippen LogP contribution < -0.4 is 0 Å². The van der Waals surface area contributed by atoms with Gasteiger partial charge in [-0.2, -0.15) is 16.8 Å². The molecule has 0 aromatic rings. The van der Waals surface area contributed by atoms with Crippen molar-refractivity contribution in [1.29, 1.82) is 0 Å². The van der Waals surface area contributed by atoms with E-state index >= 15 is 0 Å². The molecule has 0 radical (unpaired) electrons. The highest BCUT2D eigenvalue weighted by Crippen LogP contribution is 2.72. The van der Waals surface area contributed by atoms with Crippen LogP contribution in [0.1, 0.15) is 119 Å². The first kappa shape index (κ1) is 35.4. The molecule has 2 bridgehead atoms. The second kappa shape index (κ2) is 11.9. The molecule has 6 rings (SSSR count). The zero-order valence-electron chi connectivity index (χ0n) is 28.5. The molecule has 46 heavy (non-hydrogen) atoms. The first-order valence-electron chi connectivity index (χ1n) is 17.6. The van der Waals surface area contributed by atoms with E-state index in [1.807, 2.05) is 0 Å². The van der Waals surface area contributed by atoms with Crippen LogP contribution in [0.5, 0.6) is 0 Å². The van der Waals surface area contributed by atoms with Gasteiger partial charge in [0.25, 0.3) is 5.97 Å². The smallest absolute Gasteiger partial charge is 0.324 e. The van der Waals surface area contributed by atoms with E-state index in [0.29, 0.717) is 30.1 Å². The molecule has 0 unspecified atom stereocenters. The molecule has 2 aliphatic heterocycles. The third kappa shape index (κ3) is 5.93. The summed E-state index contributed by atoms with van der Waals surface area (Å²) < 4.78 is 96.8. The number of ether oxygens (including phenoxy) is 3. The Hall–Kier alpha value is -0.380. The Labute approximate surface area is 276 Å². The monoisotopic (exact) mass is 692 g/mol. The average Bonchev–Trinajstić information content (AvgIpc) is 3.33. The van der Waals surface area contributed by atoms with Crippen molar-refractivity contribution in [2.75, 3.05) is 0 Å². The van der Waals surface area contributed by atoms with Crippen LogP contribution in [-0.2, 0) is 43.4 Å². The highest BCUT2D eigenvalue weighted by Gasteiger charge is 2.74. The molecule has 2 N–H and O–H groups in total. The van der Waals surface area contributed by atoms with Crippen molar-refractivity contribution in [1.82, 2.24) is 0 Å². The molecule has 2 saturated heterocycles. The van der Waals surface area contributed by atoms with Crippen molar-refractivity contribution < 1.29 is 48.5 Å². The predicted octanol–water partition coefficient (Wildman–Crippen LogP) is 6.34. The molecule has 4 saturated carbocycles. The highest BCUT2D eigenvalue weighted by molar-refractivity contribution is 7.81. The summed E-state index contributed by atoms with van der Waals surface area (Å²) in [5.74, 6) is 1.26. The summed E-state index contributed by atoms with van der Waals surface area (Å²) in [5, 5.41) is 0. The Morgan fingerprint density at radius 1 is 0.870 bits per heavy atom. The Bertz CT molecular complexity index is 1370. The highest BCUT2D eigenvalue weighted by atomic mass is 32.3. The first-order valence-corrected chi connectivity index (χ1v) is 20.4. The molecule has 0 aromatic carbocycles. The zero-order valence-corrected chi connectivity index (χ0v) is 30.1. The van der Waals surface area contributed by atoms with Gasteiger partial charge < -0.3 is 14.2 Å². The van der Waals surface area contributed by atoms with E-state index in [1.54, 1.807) is 0 Å². The quantitative estimate of drug-likeness (QED) is 0.247. The fraction of sp³-hybridized carbons (Fsp3) is 1.00. The van der Waals surface area contributed by atoms with Crippen LogP contribution >= 0.6 is 0 Å². The second-order valence-electron chi connectivity index (χ2n) is 16.6. The molecule has 6 aliphatic rings.